The molecule has 0 spiro atoms. The van der Waals surface area contributed by atoms with E-state index < -0.39 is 5.60 Å². The zero-order valence-electron chi connectivity index (χ0n) is 13.2. The van der Waals surface area contributed by atoms with E-state index in [9.17, 15) is 9.90 Å². The lowest BCUT2D eigenvalue weighted by Crippen LogP contribution is -2.42. The Labute approximate surface area is 132 Å². The molecule has 118 valence electrons. The highest BCUT2D eigenvalue weighted by atomic mass is 35.5. The molecule has 21 heavy (non-hydrogen) atoms. The van der Waals surface area contributed by atoms with Gasteiger partial charge in [-0.2, -0.15) is 0 Å². The molecule has 0 aromatic heterocycles. The lowest BCUT2D eigenvalue weighted by molar-refractivity contribution is -0.123. The molecule has 1 amide bonds. The minimum atomic E-state index is -0.810. The quantitative estimate of drug-likeness (QED) is 0.814. The molecule has 0 heterocycles. The first kappa shape index (κ1) is 18.0. The summed E-state index contributed by atoms with van der Waals surface area (Å²) in [5.74, 6) is -0.0523. The van der Waals surface area contributed by atoms with E-state index in [1.165, 1.54) is 0 Å². The van der Waals surface area contributed by atoms with Gasteiger partial charge in [0.15, 0.2) is 0 Å². The van der Waals surface area contributed by atoms with Gasteiger partial charge in [0.05, 0.1) is 18.2 Å². The molecule has 0 aliphatic rings. The molecule has 5 heteroatoms. The van der Waals surface area contributed by atoms with E-state index in [4.69, 9.17) is 11.6 Å². The number of hydrogen-bond acceptors (Lipinski definition) is 3. The highest BCUT2D eigenvalue weighted by Gasteiger charge is 2.19. The van der Waals surface area contributed by atoms with Crippen LogP contribution in [-0.2, 0) is 4.79 Å². The average Bonchev–Trinajstić information content (AvgIpc) is 2.34. The molecule has 0 bridgehead atoms. The van der Waals surface area contributed by atoms with Crippen molar-refractivity contribution in [2.75, 3.05) is 20.1 Å². The standard InChI is InChI=1S/C16H25ClN2O2/c1-5-14(12-6-8-13(17)9-7-12)18-15(20)10-19(4)11-16(2,3)21/h6-9,14,21H,5,10-11H2,1-4H3,(H,18,20). The van der Waals surface area contributed by atoms with Gasteiger partial charge in [-0.3, -0.25) is 9.69 Å². The van der Waals surface area contributed by atoms with Crippen LogP contribution in [0.1, 0.15) is 38.8 Å². The monoisotopic (exact) mass is 312 g/mol. The Morgan fingerprint density at radius 1 is 1.38 bits per heavy atom. The number of carbonyl (C=O) groups is 1. The fourth-order valence-corrected chi connectivity index (χ4v) is 2.44. The molecular weight excluding hydrogens is 288 g/mol. The van der Waals surface area contributed by atoms with Crippen molar-refractivity contribution in [2.45, 2.75) is 38.8 Å². The normalized spacial score (nSPS) is 13.3. The van der Waals surface area contributed by atoms with E-state index in [0.29, 0.717) is 11.6 Å². The van der Waals surface area contributed by atoms with E-state index in [1.807, 2.05) is 43.1 Å². The fraction of sp³-hybridized carbons (Fsp3) is 0.562. The summed E-state index contributed by atoms with van der Waals surface area (Å²) >= 11 is 5.88. The third-order valence-electron chi connectivity index (χ3n) is 3.09. The van der Waals surface area contributed by atoms with Crippen LogP contribution in [0.2, 0.25) is 5.02 Å². The van der Waals surface area contributed by atoms with Gasteiger partial charge in [0.2, 0.25) is 5.91 Å². The number of rotatable bonds is 7. The van der Waals surface area contributed by atoms with Crippen molar-refractivity contribution in [3.63, 3.8) is 0 Å². The first-order chi connectivity index (χ1) is 9.71. The summed E-state index contributed by atoms with van der Waals surface area (Å²) < 4.78 is 0. The van der Waals surface area contributed by atoms with E-state index in [1.54, 1.807) is 13.8 Å². The number of halogens is 1. The van der Waals surface area contributed by atoms with Crippen LogP contribution in [-0.4, -0.2) is 41.7 Å². The molecule has 4 nitrogen and oxygen atoms in total. The summed E-state index contributed by atoms with van der Waals surface area (Å²) in [6.07, 6.45) is 0.808. The Morgan fingerprint density at radius 3 is 2.43 bits per heavy atom. The summed E-state index contributed by atoms with van der Waals surface area (Å²) in [6, 6.07) is 7.48. The molecular formula is C16H25ClN2O2. The van der Waals surface area contributed by atoms with Crippen molar-refractivity contribution in [3.05, 3.63) is 34.9 Å². The van der Waals surface area contributed by atoms with Crippen molar-refractivity contribution in [1.29, 1.82) is 0 Å². The molecule has 1 aromatic carbocycles. The number of hydrogen-bond donors (Lipinski definition) is 2. The highest BCUT2D eigenvalue weighted by molar-refractivity contribution is 6.30. The zero-order chi connectivity index (χ0) is 16.0. The lowest BCUT2D eigenvalue weighted by atomic mass is 10.0. The molecule has 0 aliphatic heterocycles. The number of nitrogens with zero attached hydrogens (tertiary/aromatic N) is 1. The predicted octanol–water partition coefficient (Wildman–Crippen LogP) is 2.61. The number of likely N-dealkylation sites (N-methyl/N-ethyl adjacent to an activating group) is 1. The van der Waals surface area contributed by atoms with E-state index in [0.717, 1.165) is 12.0 Å². The maximum absolute atomic E-state index is 12.1. The van der Waals surface area contributed by atoms with Gasteiger partial charge < -0.3 is 10.4 Å². The van der Waals surface area contributed by atoms with Gasteiger partial charge in [-0.1, -0.05) is 30.7 Å². The summed E-state index contributed by atoms with van der Waals surface area (Å²) in [6.45, 7) is 6.18. The number of nitrogens with one attached hydrogen (secondary N) is 1. The highest BCUT2D eigenvalue weighted by Crippen LogP contribution is 2.19. The summed E-state index contributed by atoms with van der Waals surface area (Å²) in [4.78, 5) is 13.9. The second-order valence-corrected chi connectivity index (χ2v) is 6.50. The zero-order valence-corrected chi connectivity index (χ0v) is 13.9. The minimum Gasteiger partial charge on any atom is -0.389 e. The smallest absolute Gasteiger partial charge is 0.234 e. The van der Waals surface area contributed by atoms with Gasteiger partial charge in [0.1, 0.15) is 0 Å². The first-order valence-corrected chi connectivity index (χ1v) is 7.55. The van der Waals surface area contributed by atoms with Crippen LogP contribution in [0.15, 0.2) is 24.3 Å². The Balaban J connectivity index is 2.57. The number of amides is 1. The Bertz CT molecular complexity index is 454. The van der Waals surface area contributed by atoms with Crippen LogP contribution in [0.5, 0.6) is 0 Å². The van der Waals surface area contributed by atoms with Crippen molar-refractivity contribution in [3.8, 4) is 0 Å². The maximum atomic E-state index is 12.1. The topological polar surface area (TPSA) is 52.6 Å². The van der Waals surface area contributed by atoms with Gasteiger partial charge in [-0.05, 0) is 45.0 Å². The van der Waals surface area contributed by atoms with Crippen molar-refractivity contribution < 1.29 is 9.90 Å². The molecule has 0 saturated heterocycles. The van der Waals surface area contributed by atoms with Crippen LogP contribution in [0.3, 0.4) is 0 Å². The Hall–Kier alpha value is -1.10. The van der Waals surface area contributed by atoms with Gasteiger partial charge in [0, 0.05) is 11.6 Å². The third kappa shape index (κ3) is 6.93. The van der Waals surface area contributed by atoms with Gasteiger partial charge >= 0.3 is 0 Å². The summed E-state index contributed by atoms with van der Waals surface area (Å²) in [5.41, 5.74) is 0.232. The van der Waals surface area contributed by atoms with Crippen molar-refractivity contribution in [2.24, 2.45) is 0 Å². The van der Waals surface area contributed by atoms with Crippen LogP contribution < -0.4 is 5.32 Å². The second kappa shape index (κ2) is 7.78. The molecule has 1 rings (SSSR count). The maximum Gasteiger partial charge on any atom is 0.234 e. The Kier molecular flexibility index (Phi) is 6.65. The molecule has 1 atom stereocenters. The SMILES string of the molecule is CCC(NC(=O)CN(C)CC(C)(C)O)c1ccc(Cl)cc1. The average molecular weight is 313 g/mol. The van der Waals surface area contributed by atoms with Crippen LogP contribution in [0.4, 0.5) is 0 Å². The van der Waals surface area contributed by atoms with Crippen LogP contribution in [0, 0.1) is 0 Å². The van der Waals surface area contributed by atoms with Gasteiger partial charge in [-0.25, -0.2) is 0 Å². The van der Waals surface area contributed by atoms with E-state index in [2.05, 4.69) is 5.32 Å². The second-order valence-electron chi connectivity index (χ2n) is 6.06. The van der Waals surface area contributed by atoms with Crippen LogP contribution >= 0.6 is 11.6 Å². The number of carbonyl (C=O) groups excluding carboxylic acids is 1. The van der Waals surface area contributed by atoms with E-state index >= 15 is 0 Å². The predicted molar refractivity (Wildman–Crippen MR) is 86.4 cm³/mol. The third-order valence-corrected chi connectivity index (χ3v) is 3.34. The summed E-state index contributed by atoms with van der Waals surface area (Å²) in [5, 5.41) is 13.4. The molecule has 2 N–H and O–H groups in total. The Morgan fingerprint density at radius 2 is 1.95 bits per heavy atom. The lowest BCUT2D eigenvalue weighted by Gasteiger charge is -2.26. The van der Waals surface area contributed by atoms with Crippen molar-refractivity contribution >= 4 is 17.5 Å². The van der Waals surface area contributed by atoms with Crippen molar-refractivity contribution in [1.82, 2.24) is 10.2 Å². The first-order valence-electron chi connectivity index (χ1n) is 7.17. The molecule has 0 aliphatic carbocycles. The van der Waals surface area contributed by atoms with Gasteiger partial charge in [-0.15, -0.1) is 0 Å². The minimum absolute atomic E-state index is 0.0229. The molecule has 1 aromatic rings. The number of benzene rings is 1. The molecule has 0 saturated carbocycles. The fourth-order valence-electron chi connectivity index (χ4n) is 2.32. The largest absolute Gasteiger partial charge is 0.389 e. The summed E-state index contributed by atoms with van der Waals surface area (Å²) in [7, 11) is 1.82. The molecule has 0 radical (unpaired) electrons. The number of aliphatic hydroxyl groups is 1. The molecule has 1 unspecified atom stereocenters. The van der Waals surface area contributed by atoms with Crippen LogP contribution in [0.25, 0.3) is 0 Å². The van der Waals surface area contributed by atoms with Gasteiger partial charge in [0.25, 0.3) is 0 Å². The van der Waals surface area contributed by atoms with E-state index in [-0.39, 0.29) is 18.5 Å². The molecule has 0 fully saturated rings.